The highest BCUT2D eigenvalue weighted by molar-refractivity contribution is 7.91. The van der Waals surface area contributed by atoms with Gasteiger partial charge >= 0.3 is 0 Å². The van der Waals surface area contributed by atoms with Crippen LogP contribution >= 0.6 is 0 Å². The first-order valence-corrected chi connectivity index (χ1v) is 8.75. The lowest BCUT2D eigenvalue weighted by atomic mass is 10.1. The maximum atomic E-state index is 12.4. The molecule has 0 aliphatic carbocycles. The quantitative estimate of drug-likeness (QED) is 0.852. The normalized spacial score (nSPS) is 13.4. The first-order valence-electron chi connectivity index (χ1n) is 7.10. The van der Waals surface area contributed by atoms with Gasteiger partial charge in [0, 0.05) is 13.2 Å². The minimum Gasteiger partial charge on any atom is -0.377 e. The van der Waals surface area contributed by atoms with Gasteiger partial charge in [0.15, 0.2) is 9.84 Å². The molecule has 1 unspecified atom stereocenters. The third kappa shape index (κ3) is 4.03. The van der Waals surface area contributed by atoms with Crippen molar-refractivity contribution in [2.45, 2.75) is 24.3 Å². The van der Waals surface area contributed by atoms with Crippen LogP contribution in [-0.4, -0.2) is 33.4 Å². The van der Waals surface area contributed by atoms with Crippen molar-refractivity contribution in [2.24, 2.45) is 5.73 Å². The molecule has 4 nitrogen and oxygen atoms in total. The van der Waals surface area contributed by atoms with Gasteiger partial charge in [0.25, 0.3) is 0 Å². The minimum absolute atomic E-state index is 0.0488. The Bertz CT molecular complexity index is 697. The predicted molar refractivity (Wildman–Crippen MR) is 85.1 cm³/mol. The SMILES string of the molecule is CCOC(CN)CCS(=O)(=O)c1ccc2ccccc2c1. The van der Waals surface area contributed by atoms with Crippen LogP contribution in [0.3, 0.4) is 0 Å². The molecule has 2 rings (SSSR count). The molecule has 0 heterocycles. The van der Waals surface area contributed by atoms with Crippen molar-refractivity contribution >= 4 is 20.6 Å². The molecule has 0 bridgehead atoms. The van der Waals surface area contributed by atoms with Crippen molar-refractivity contribution in [1.29, 1.82) is 0 Å². The average molecular weight is 307 g/mol. The number of fused-ring (bicyclic) bond motifs is 1. The summed E-state index contributed by atoms with van der Waals surface area (Å²) in [5.41, 5.74) is 5.58. The molecule has 0 saturated carbocycles. The van der Waals surface area contributed by atoms with E-state index in [1.165, 1.54) is 0 Å². The Kier molecular flexibility index (Phi) is 5.33. The molecule has 5 heteroatoms. The van der Waals surface area contributed by atoms with Crippen molar-refractivity contribution in [3.05, 3.63) is 42.5 Å². The summed E-state index contributed by atoms with van der Waals surface area (Å²) in [6.07, 6.45) is 0.213. The minimum atomic E-state index is -3.31. The summed E-state index contributed by atoms with van der Waals surface area (Å²) in [7, 11) is -3.31. The number of hydrogen-bond acceptors (Lipinski definition) is 4. The largest absolute Gasteiger partial charge is 0.377 e. The van der Waals surface area contributed by atoms with Crippen molar-refractivity contribution in [3.8, 4) is 0 Å². The van der Waals surface area contributed by atoms with Crippen LogP contribution in [0.5, 0.6) is 0 Å². The Morgan fingerprint density at radius 2 is 1.86 bits per heavy atom. The van der Waals surface area contributed by atoms with Gasteiger partial charge in [-0.1, -0.05) is 30.3 Å². The van der Waals surface area contributed by atoms with Crippen LogP contribution in [0, 0.1) is 0 Å². The van der Waals surface area contributed by atoms with Crippen molar-refractivity contribution < 1.29 is 13.2 Å². The highest BCUT2D eigenvalue weighted by Gasteiger charge is 2.17. The molecule has 114 valence electrons. The smallest absolute Gasteiger partial charge is 0.178 e. The Labute approximate surface area is 125 Å². The van der Waals surface area contributed by atoms with Gasteiger partial charge in [-0.3, -0.25) is 0 Å². The average Bonchev–Trinajstić information content (AvgIpc) is 2.51. The number of sulfone groups is 1. The molecular formula is C16H21NO3S. The van der Waals surface area contributed by atoms with Crippen LogP contribution in [0.1, 0.15) is 13.3 Å². The number of nitrogens with two attached hydrogens (primary N) is 1. The van der Waals surface area contributed by atoms with Gasteiger partial charge in [-0.05, 0) is 36.2 Å². The molecule has 0 saturated heterocycles. The molecule has 2 aromatic rings. The number of hydrogen-bond donors (Lipinski definition) is 1. The highest BCUT2D eigenvalue weighted by atomic mass is 32.2. The fourth-order valence-corrected chi connectivity index (χ4v) is 3.66. The first kappa shape index (κ1) is 15.9. The molecular weight excluding hydrogens is 286 g/mol. The standard InChI is InChI=1S/C16H21NO3S/c1-2-20-15(12-17)9-10-21(18,19)16-8-7-13-5-3-4-6-14(13)11-16/h3-8,11,15H,2,9-10,12,17H2,1H3. The molecule has 21 heavy (non-hydrogen) atoms. The Morgan fingerprint density at radius 1 is 1.14 bits per heavy atom. The fraction of sp³-hybridized carbons (Fsp3) is 0.375. The van der Waals surface area contributed by atoms with Crippen LogP contribution in [0.25, 0.3) is 10.8 Å². The third-order valence-electron chi connectivity index (χ3n) is 3.45. The lowest BCUT2D eigenvalue weighted by Crippen LogP contribution is -2.26. The molecule has 0 radical (unpaired) electrons. The van der Waals surface area contributed by atoms with Gasteiger partial charge in [-0.15, -0.1) is 0 Å². The predicted octanol–water partition coefficient (Wildman–Crippen LogP) is 2.37. The maximum Gasteiger partial charge on any atom is 0.178 e. The summed E-state index contributed by atoms with van der Waals surface area (Å²) in [6.45, 7) is 2.75. The number of ether oxygens (including phenoxy) is 1. The summed E-state index contributed by atoms with van der Waals surface area (Å²) >= 11 is 0. The Balaban J connectivity index is 2.17. The summed E-state index contributed by atoms with van der Waals surface area (Å²) in [5.74, 6) is 0.0488. The number of benzene rings is 2. The second-order valence-electron chi connectivity index (χ2n) is 4.93. The topological polar surface area (TPSA) is 69.4 Å². The second kappa shape index (κ2) is 7.02. The second-order valence-corrected chi connectivity index (χ2v) is 7.04. The summed E-state index contributed by atoms with van der Waals surface area (Å²) < 4.78 is 30.2. The van der Waals surface area contributed by atoms with E-state index in [9.17, 15) is 8.42 Å². The van der Waals surface area contributed by atoms with Gasteiger partial charge < -0.3 is 10.5 Å². The zero-order valence-electron chi connectivity index (χ0n) is 12.2. The molecule has 0 aromatic heterocycles. The van der Waals surface area contributed by atoms with Crippen LogP contribution in [0.2, 0.25) is 0 Å². The van der Waals surface area contributed by atoms with E-state index in [2.05, 4.69) is 0 Å². The van der Waals surface area contributed by atoms with E-state index in [4.69, 9.17) is 10.5 Å². The zero-order chi connectivity index (χ0) is 15.3. The Hall–Kier alpha value is -1.43. The van der Waals surface area contributed by atoms with E-state index in [0.29, 0.717) is 24.5 Å². The van der Waals surface area contributed by atoms with Gasteiger partial charge in [-0.25, -0.2) is 8.42 Å². The molecule has 0 amide bonds. The van der Waals surface area contributed by atoms with E-state index in [-0.39, 0.29) is 11.9 Å². The van der Waals surface area contributed by atoms with E-state index in [1.54, 1.807) is 12.1 Å². The first-order chi connectivity index (χ1) is 10.1. The van der Waals surface area contributed by atoms with E-state index >= 15 is 0 Å². The van der Waals surface area contributed by atoms with E-state index in [0.717, 1.165) is 10.8 Å². The molecule has 0 fully saturated rings. The van der Waals surface area contributed by atoms with Gasteiger partial charge in [-0.2, -0.15) is 0 Å². The number of rotatable bonds is 7. The highest BCUT2D eigenvalue weighted by Crippen LogP contribution is 2.20. The molecule has 1 atom stereocenters. The monoisotopic (exact) mass is 307 g/mol. The lowest BCUT2D eigenvalue weighted by molar-refractivity contribution is 0.0671. The Morgan fingerprint density at radius 3 is 2.52 bits per heavy atom. The van der Waals surface area contributed by atoms with Gasteiger partial charge in [0.05, 0.1) is 16.8 Å². The van der Waals surface area contributed by atoms with Crippen molar-refractivity contribution in [1.82, 2.24) is 0 Å². The molecule has 0 aliphatic heterocycles. The molecule has 0 aliphatic rings. The summed E-state index contributed by atoms with van der Waals surface area (Å²) in [6, 6.07) is 12.9. The van der Waals surface area contributed by atoms with Crippen LogP contribution in [-0.2, 0) is 14.6 Å². The van der Waals surface area contributed by atoms with Gasteiger partial charge in [0.1, 0.15) is 0 Å². The lowest BCUT2D eigenvalue weighted by Gasteiger charge is -2.14. The zero-order valence-corrected chi connectivity index (χ0v) is 13.0. The van der Waals surface area contributed by atoms with E-state index < -0.39 is 9.84 Å². The molecule has 0 spiro atoms. The summed E-state index contributed by atoms with van der Waals surface area (Å²) in [5, 5.41) is 1.96. The van der Waals surface area contributed by atoms with Crippen molar-refractivity contribution in [2.75, 3.05) is 18.9 Å². The summed E-state index contributed by atoms with van der Waals surface area (Å²) in [4.78, 5) is 0.355. The third-order valence-corrected chi connectivity index (χ3v) is 5.20. The van der Waals surface area contributed by atoms with E-state index in [1.807, 2.05) is 37.3 Å². The molecule has 2 aromatic carbocycles. The van der Waals surface area contributed by atoms with Gasteiger partial charge in [0.2, 0.25) is 0 Å². The van der Waals surface area contributed by atoms with Crippen LogP contribution in [0.15, 0.2) is 47.4 Å². The fourth-order valence-electron chi connectivity index (χ4n) is 2.27. The van der Waals surface area contributed by atoms with Crippen LogP contribution in [0.4, 0.5) is 0 Å². The van der Waals surface area contributed by atoms with Crippen LogP contribution < -0.4 is 5.73 Å². The van der Waals surface area contributed by atoms with Crippen molar-refractivity contribution in [3.63, 3.8) is 0 Å². The molecule has 2 N–H and O–H groups in total. The maximum absolute atomic E-state index is 12.4.